The van der Waals surface area contributed by atoms with Gasteiger partial charge < -0.3 is 15.0 Å². The number of benzene rings is 2. The van der Waals surface area contributed by atoms with E-state index in [1.807, 2.05) is 32.9 Å². The summed E-state index contributed by atoms with van der Waals surface area (Å²) in [7, 11) is 0. The maximum atomic E-state index is 14.7. The van der Waals surface area contributed by atoms with Crippen LogP contribution in [0.4, 0.5) is 9.18 Å². The Labute approximate surface area is 239 Å². The van der Waals surface area contributed by atoms with Crippen LogP contribution in [0.5, 0.6) is 0 Å². The number of rotatable bonds is 5. The number of nitrogens with one attached hydrogen (secondary N) is 2. The quantitative estimate of drug-likeness (QED) is 0.481. The first kappa shape index (κ1) is 28.7. The normalized spacial score (nSPS) is 20.1. The average molecular weight is 564 g/mol. The van der Waals surface area contributed by atoms with E-state index in [4.69, 9.17) is 4.74 Å². The molecule has 0 radical (unpaired) electrons. The SMILES string of the molecule is CC(C)(C)OC(=O)N1CCN(C2CCC(NC(=O)c3cc(Cc4n[nH]c(=O)c5ccccc45)ccc3F)CC2)CC1. The lowest BCUT2D eigenvalue weighted by atomic mass is 9.89. The Morgan fingerprint density at radius 2 is 1.71 bits per heavy atom. The van der Waals surface area contributed by atoms with Crippen LogP contribution in [-0.4, -0.2) is 75.9 Å². The number of carbonyl (C=O) groups is 2. The highest BCUT2D eigenvalue weighted by Gasteiger charge is 2.31. The van der Waals surface area contributed by atoms with Crippen molar-refractivity contribution in [3.63, 3.8) is 0 Å². The molecule has 3 aromatic rings. The summed E-state index contributed by atoms with van der Waals surface area (Å²) in [6, 6.07) is 12.1. The molecule has 0 atom stereocenters. The number of fused-ring (bicyclic) bond motifs is 1. The van der Waals surface area contributed by atoms with Crippen LogP contribution in [-0.2, 0) is 11.2 Å². The number of H-pyrrole nitrogens is 1. The zero-order valence-electron chi connectivity index (χ0n) is 23.9. The first-order valence-corrected chi connectivity index (χ1v) is 14.3. The first-order chi connectivity index (χ1) is 19.6. The highest BCUT2D eigenvalue weighted by Crippen LogP contribution is 2.26. The average Bonchev–Trinajstić information content (AvgIpc) is 2.95. The lowest BCUT2D eigenvalue weighted by Gasteiger charge is -2.42. The van der Waals surface area contributed by atoms with Crippen molar-refractivity contribution in [2.45, 2.75) is 70.6 Å². The summed E-state index contributed by atoms with van der Waals surface area (Å²) in [5.74, 6) is -0.986. The van der Waals surface area contributed by atoms with Gasteiger partial charge in [0.05, 0.1) is 16.6 Å². The molecule has 0 unspecified atom stereocenters. The Hall–Kier alpha value is -3.79. The molecular formula is C31H38FN5O4. The Bertz CT molecular complexity index is 1470. The van der Waals surface area contributed by atoms with Gasteiger partial charge in [-0.3, -0.25) is 14.5 Å². The molecule has 1 saturated heterocycles. The third-order valence-electron chi connectivity index (χ3n) is 7.94. The summed E-state index contributed by atoms with van der Waals surface area (Å²) >= 11 is 0. The van der Waals surface area contributed by atoms with Gasteiger partial charge in [0.2, 0.25) is 0 Å². The van der Waals surface area contributed by atoms with Gasteiger partial charge in [0, 0.05) is 50.1 Å². The van der Waals surface area contributed by atoms with Crippen molar-refractivity contribution in [1.82, 2.24) is 25.3 Å². The summed E-state index contributed by atoms with van der Waals surface area (Å²) in [4.78, 5) is 41.8. The lowest BCUT2D eigenvalue weighted by Crippen LogP contribution is -2.54. The van der Waals surface area contributed by atoms with Gasteiger partial charge in [-0.25, -0.2) is 14.3 Å². The van der Waals surface area contributed by atoms with E-state index >= 15 is 0 Å². The number of ether oxygens (including phenoxy) is 1. The number of hydrogen-bond acceptors (Lipinski definition) is 6. The van der Waals surface area contributed by atoms with Gasteiger partial charge in [-0.05, 0) is 70.2 Å². The number of amides is 2. The molecule has 2 heterocycles. The summed E-state index contributed by atoms with van der Waals surface area (Å²) in [5.41, 5.74) is 0.633. The molecule has 2 N–H and O–H groups in total. The number of aromatic amines is 1. The maximum absolute atomic E-state index is 14.7. The summed E-state index contributed by atoms with van der Waals surface area (Å²) in [6.45, 7) is 8.51. The number of halogens is 1. The Morgan fingerprint density at radius 1 is 1.02 bits per heavy atom. The largest absolute Gasteiger partial charge is 0.444 e. The molecule has 2 amide bonds. The molecule has 2 aromatic carbocycles. The minimum Gasteiger partial charge on any atom is -0.444 e. The van der Waals surface area contributed by atoms with Crippen LogP contribution in [0.1, 0.15) is 68.1 Å². The van der Waals surface area contributed by atoms with Gasteiger partial charge >= 0.3 is 6.09 Å². The monoisotopic (exact) mass is 563 g/mol. The summed E-state index contributed by atoms with van der Waals surface area (Å²) in [6.07, 6.45) is 3.59. The van der Waals surface area contributed by atoms with Crippen molar-refractivity contribution < 1.29 is 18.7 Å². The molecule has 1 aliphatic heterocycles. The van der Waals surface area contributed by atoms with Crippen molar-refractivity contribution in [2.24, 2.45) is 0 Å². The maximum Gasteiger partial charge on any atom is 0.410 e. The van der Waals surface area contributed by atoms with E-state index in [1.165, 1.54) is 6.07 Å². The van der Waals surface area contributed by atoms with Crippen LogP contribution >= 0.6 is 0 Å². The second-order valence-electron chi connectivity index (χ2n) is 12.0. The van der Waals surface area contributed by atoms with Gasteiger partial charge in [0.15, 0.2) is 0 Å². The Morgan fingerprint density at radius 3 is 2.39 bits per heavy atom. The smallest absolute Gasteiger partial charge is 0.410 e. The minimum atomic E-state index is -0.568. The van der Waals surface area contributed by atoms with Crippen molar-refractivity contribution in [3.05, 3.63) is 75.5 Å². The molecule has 2 fully saturated rings. The van der Waals surface area contributed by atoms with E-state index in [1.54, 1.807) is 29.2 Å². The van der Waals surface area contributed by atoms with Crippen molar-refractivity contribution in [3.8, 4) is 0 Å². The van der Waals surface area contributed by atoms with Crippen LogP contribution in [0.15, 0.2) is 47.3 Å². The van der Waals surface area contributed by atoms with E-state index < -0.39 is 17.3 Å². The number of aromatic nitrogens is 2. The van der Waals surface area contributed by atoms with Crippen LogP contribution in [0, 0.1) is 5.82 Å². The zero-order chi connectivity index (χ0) is 29.1. The molecule has 9 nitrogen and oxygen atoms in total. The summed E-state index contributed by atoms with van der Waals surface area (Å²) in [5, 5.41) is 11.0. The molecule has 41 heavy (non-hydrogen) atoms. The zero-order valence-corrected chi connectivity index (χ0v) is 23.9. The molecular weight excluding hydrogens is 525 g/mol. The van der Waals surface area contributed by atoms with E-state index in [0.717, 1.165) is 49.7 Å². The van der Waals surface area contributed by atoms with Crippen LogP contribution < -0.4 is 10.9 Å². The second-order valence-corrected chi connectivity index (χ2v) is 12.0. The van der Waals surface area contributed by atoms with Gasteiger partial charge in [0.1, 0.15) is 11.4 Å². The number of piperazine rings is 1. The van der Waals surface area contributed by atoms with E-state index in [-0.39, 0.29) is 23.3 Å². The lowest BCUT2D eigenvalue weighted by molar-refractivity contribution is 0.00775. The number of nitrogens with zero attached hydrogens (tertiary/aromatic N) is 3. The molecule has 1 aromatic heterocycles. The topological polar surface area (TPSA) is 108 Å². The van der Waals surface area contributed by atoms with E-state index in [2.05, 4.69) is 20.4 Å². The highest BCUT2D eigenvalue weighted by atomic mass is 19.1. The fourth-order valence-corrected chi connectivity index (χ4v) is 5.80. The minimum absolute atomic E-state index is 0.0108. The molecule has 5 rings (SSSR count). The predicted octanol–water partition coefficient (Wildman–Crippen LogP) is 4.25. The van der Waals surface area contributed by atoms with E-state index in [9.17, 15) is 18.8 Å². The fourth-order valence-electron chi connectivity index (χ4n) is 5.80. The van der Waals surface area contributed by atoms with Crippen molar-refractivity contribution >= 4 is 22.8 Å². The molecule has 1 aliphatic carbocycles. The van der Waals surface area contributed by atoms with Crippen molar-refractivity contribution in [2.75, 3.05) is 26.2 Å². The van der Waals surface area contributed by atoms with Crippen LogP contribution in [0.3, 0.4) is 0 Å². The van der Waals surface area contributed by atoms with Crippen molar-refractivity contribution in [1.29, 1.82) is 0 Å². The highest BCUT2D eigenvalue weighted by molar-refractivity contribution is 5.95. The van der Waals surface area contributed by atoms with Crippen LogP contribution in [0.2, 0.25) is 0 Å². The second kappa shape index (κ2) is 12.0. The van der Waals surface area contributed by atoms with Gasteiger partial charge in [-0.15, -0.1) is 0 Å². The standard InChI is InChI=1S/C31H38FN5O4/c1-31(2,3)41-30(40)37-16-14-36(15-17-37)22-11-9-21(10-12-22)33-28(38)25-18-20(8-13-26(25)32)19-27-23-6-4-5-7-24(23)29(39)35-34-27/h4-8,13,18,21-22H,9-12,14-17,19H2,1-3H3,(H,33,38)(H,35,39). The number of hydrogen-bond donors (Lipinski definition) is 2. The predicted molar refractivity (Wildman–Crippen MR) is 154 cm³/mol. The van der Waals surface area contributed by atoms with Crippen LogP contribution in [0.25, 0.3) is 10.8 Å². The Kier molecular flexibility index (Phi) is 8.40. The fraction of sp³-hybridized carbons (Fsp3) is 0.484. The first-order valence-electron chi connectivity index (χ1n) is 14.3. The molecule has 1 saturated carbocycles. The van der Waals surface area contributed by atoms with E-state index in [0.29, 0.717) is 36.6 Å². The number of carbonyl (C=O) groups excluding carboxylic acids is 2. The molecule has 2 aliphatic rings. The van der Waals surface area contributed by atoms with Gasteiger partial charge in [0.25, 0.3) is 11.5 Å². The molecule has 218 valence electrons. The third kappa shape index (κ3) is 6.93. The molecule has 0 bridgehead atoms. The summed E-state index contributed by atoms with van der Waals surface area (Å²) < 4.78 is 20.2. The van der Waals surface area contributed by atoms with Gasteiger partial charge in [-0.2, -0.15) is 5.10 Å². The third-order valence-corrected chi connectivity index (χ3v) is 7.94. The molecule has 10 heteroatoms. The molecule has 0 spiro atoms. The van der Waals surface area contributed by atoms with Gasteiger partial charge in [-0.1, -0.05) is 24.3 Å². The Balaban J connectivity index is 1.15.